The molecule has 3 fully saturated rings. The molecule has 7 rings (SSSR count). The number of benzene rings is 2. The Balaban J connectivity index is 1.18. The molecule has 0 bridgehead atoms. The standard InChI is InChI=1S/C28H25F6N5O2/c1-37-15-35-36-23(37)22(29)26(13-41-14-26)17-3-2-4-18(7-17)39-9-20-19(24(39)40)5-16(6-21(20)28(32,33)34)8-38-11-25(12-38)10-27(25,30)31/h2-7,15,22H,8-14H2,1H3/t22-/m0/s1. The van der Waals surface area contributed by atoms with Crippen LogP contribution in [0.4, 0.5) is 32.0 Å². The van der Waals surface area contributed by atoms with Gasteiger partial charge in [0.15, 0.2) is 12.0 Å². The molecule has 216 valence electrons. The molecule has 2 aromatic carbocycles. The molecule has 0 N–H and O–H groups in total. The molecule has 0 radical (unpaired) electrons. The number of alkyl halides is 6. The normalized spacial score (nSPS) is 22.8. The first kappa shape index (κ1) is 26.4. The van der Waals surface area contributed by atoms with Crippen LogP contribution in [0.1, 0.15) is 51.0 Å². The van der Waals surface area contributed by atoms with Crippen molar-refractivity contribution >= 4 is 11.6 Å². The lowest BCUT2D eigenvalue weighted by Gasteiger charge is -2.43. The van der Waals surface area contributed by atoms with Gasteiger partial charge < -0.3 is 14.2 Å². The third-order valence-corrected chi connectivity index (χ3v) is 8.99. The number of rotatable bonds is 6. The largest absolute Gasteiger partial charge is 0.416 e. The molecule has 13 heteroatoms. The molecular formula is C28H25F6N5O2. The van der Waals surface area contributed by atoms with Gasteiger partial charge in [-0.2, -0.15) is 13.2 Å². The van der Waals surface area contributed by atoms with E-state index in [9.17, 15) is 26.7 Å². The van der Waals surface area contributed by atoms with Crippen molar-refractivity contribution in [1.82, 2.24) is 19.7 Å². The predicted molar refractivity (Wildman–Crippen MR) is 133 cm³/mol. The van der Waals surface area contributed by atoms with E-state index in [4.69, 9.17) is 4.74 Å². The second-order valence-electron chi connectivity index (χ2n) is 11.7. The molecule has 2 saturated heterocycles. The Morgan fingerprint density at radius 1 is 1.12 bits per heavy atom. The van der Waals surface area contributed by atoms with Crippen LogP contribution in [0.3, 0.4) is 0 Å². The van der Waals surface area contributed by atoms with Gasteiger partial charge in [0.2, 0.25) is 0 Å². The maximum absolute atomic E-state index is 15.8. The number of likely N-dealkylation sites (tertiary alicyclic amines) is 1. The number of carbonyl (C=O) groups excluding carboxylic acids is 1. The van der Waals surface area contributed by atoms with Crippen molar-refractivity contribution in [3.05, 3.63) is 76.4 Å². The van der Waals surface area contributed by atoms with E-state index in [0.29, 0.717) is 11.3 Å². The topological polar surface area (TPSA) is 63.5 Å². The summed E-state index contributed by atoms with van der Waals surface area (Å²) in [7, 11) is 1.62. The van der Waals surface area contributed by atoms with Crippen molar-refractivity contribution in [2.45, 2.75) is 43.2 Å². The van der Waals surface area contributed by atoms with Crippen LogP contribution in [0, 0.1) is 5.41 Å². The lowest BCUT2D eigenvalue weighted by molar-refractivity contribution is -0.138. The van der Waals surface area contributed by atoms with Crippen molar-refractivity contribution in [3.8, 4) is 0 Å². The van der Waals surface area contributed by atoms with Crippen LogP contribution in [0.15, 0.2) is 42.7 Å². The Morgan fingerprint density at radius 2 is 1.85 bits per heavy atom. The van der Waals surface area contributed by atoms with Gasteiger partial charge in [-0.15, -0.1) is 10.2 Å². The average molecular weight is 578 g/mol. The zero-order valence-corrected chi connectivity index (χ0v) is 21.9. The molecule has 4 heterocycles. The maximum atomic E-state index is 15.8. The number of hydrogen-bond donors (Lipinski definition) is 0. The average Bonchev–Trinajstić information content (AvgIpc) is 3.13. The zero-order chi connectivity index (χ0) is 28.9. The van der Waals surface area contributed by atoms with E-state index >= 15 is 4.39 Å². The first-order valence-corrected chi connectivity index (χ1v) is 13.1. The summed E-state index contributed by atoms with van der Waals surface area (Å²) in [5, 5.41) is 7.64. The number of amides is 1. The van der Waals surface area contributed by atoms with Crippen LogP contribution >= 0.6 is 0 Å². The van der Waals surface area contributed by atoms with Gasteiger partial charge in [-0.1, -0.05) is 12.1 Å². The number of hydrogen-bond acceptors (Lipinski definition) is 5. The highest BCUT2D eigenvalue weighted by atomic mass is 19.4. The fourth-order valence-electron chi connectivity index (χ4n) is 6.46. The summed E-state index contributed by atoms with van der Waals surface area (Å²) in [4.78, 5) is 16.5. The highest BCUT2D eigenvalue weighted by Crippen LogP contribution is 2.65. The van der Waals surface area contributed by atoms with E-state index in [1.165, 1.54) is 21.9 Å². The van der Waals surface area contributed by atoms with Gasteiger partial charge in [0.05, 0.1) is 36.2 Å². The van der Waals surface area contributed by atoms with E-state index in [1.54, 1.807) is 36.2 Å². The van der Waals surface area contributed by atoms with Crippen LogP contribution in [0.25, 0.3) is 0 Å². The SMILES string of the molecule is Cn1cnnc1[C@H](F)C1(c2cccc(N3Cc4c(cc(CN5CC6(C5)CC6(F)F)cc4C(F)(F)F)C3=O)c2)COC1. The van der Waals surface area contributed by atoms with E-state index in [-0.39, 0.29) is 68.3 Å². The third-order valence-electron chi connectivity index (χ3n) is 8.99. The molecule has 1 amide bonds. The van der Waals surface area contributed by atoms with Crippen molar-refractivity contribution in [2.75, 3.05) is 31.2 Å². The summed E-state index contributed by atoms with van der Waals surface area (Å²) in [6, 6.07) is 8.98. The summed E-state index contributed by atoms with van der Waals surface area (Å²) in [6.45, 7) is 0.0757. The van der Waals surface area contributed by atoms with Gasteiger partial charge >= 0.3 is 6.18 Å². The number of halogens is 6. The molecule has 4 aliphatic rings. The highest BCUT2D eigenvalue weighted by Gasteiger charge is 2.75. The van der Waals surface area contributed by atoms with E-state index in [1.807, 2.05) is 0 Å². The number of nitrogens with zero attached hydrogens (tertiary/aromatic N) is 5. The predicted octanol–water partition coefficient (Wildman–Crippen LogP) is 4.81. The van der Waals surface area contributed by atoms with Crippen LogP contribution in [0.5, 0.6) is 0 Å². The Labute approximate surface area is 230 Å². The number of anilines is 1. The first-order valence-electron chi connectivity index (χ1n) is 13.1. The third kappa shape index (κ3) is 3.92. The maximum Gasteiger partial charge on any atom is 0.416 e. The zero-order valence-electron chi connectivity index (χ0n) is 21.9. The number of carbonyl (C=O) groups is 1. The quantitative estimate of drug-likeness (QED) is 0.394. The molecule has 1 saturated carbocycles. The Bertz CT molecular complexity index is 1560. The smallest absolute Gasteiger partial charge is 0.379 e. The van der Waals surface area contributed by atoms with Gasteiger partial charge in [0, 0.05) is 44.4 Å². The molecule has 0 unspecified atom stereocenters. The Hall–Kier alpha value is -3.45. The molecular weight excluding hydrogens is 552 g/mol. The van der Waals surface area contributed by atoms with Crippen molar-refractivity contribution in [1.29, 1.82) is 0 Å². The van der Waals surface area contributed by atoms with E-state index in [2.05, 4.69) is 10.2 Å². The summed E-state index contributed by atoms with van der Waals surface area (Å²) >= 11 is 0. The van der Waals surface area contributed by atoms with Gasteiger partial charge in [0.1, 0.15) is 6.33 Å². The fraction of sp³-hybridized carbons (Fsp3) is 0.464. The minimum atomic E-state index is -4.72. The minimum Gasteiger partial charge on any atom is -0.379 e. The summed E-state index contributed by atoms with van der Waals surface area (Å²) in [5.74, 6) is -3.21. The minimum absolute atomic E-state index is 0.0411. The molecule has 1 aliphatic carbocycles. The lowest BCUT2D eigenvalue weighted by atomic mass is 9.74. The number of aryl methyl sites for hydroxylation is 1. The van der Waals surface area contributed by atoms with E-state index in [0.717, 1.165) is 6.07 Å². The molecule has 1 spiro atoms. The molecule has 7 nitrogen and oxygen atoms in total. The Morgan fingerprint density at radius 3 is 2.44 bits per heavy atom. The summed E-state index contributed by atoms with van der Waals surface area (Å²) in [5.41, 5.74) is -2.18. The van der Waals surface area contributed by atoms with Crippen LogP contribution in [-0.2, 0) is 36.5 Å². The van der Waals surface area contributed by atoms with Crippen molar-refractivity contribution in [2.24, 2.45) is 12.5 Å². The number of aromatic nitrogens is 3. The van der Waals surface area contributed by atoms with Crippen LogP contribution < -0.4 is 4.90 Å². The summed E-state index contributed by atoms with van der Waals surface area (Å²) in [6.07, 6.45) is -5.10. The lowest BCUT2D eigenvalue weighted by Crippen LogP contribution is -2.50. The van der Waals surface area contributed by atoms with Gasteiger partial charge in [0.25, 0.3) is 11.8 Å². The van der Waals surface area contributed by atoms with Gasteiger partial charge in [-0.25, -0.2) is 13.2 Å². The Kier molecular flexibility index (Phi) is 5.51. The summed E-state index contributed by atoms with van der Waals surface area (Å²) < 4.78 is 92.4. The van der Waals surface area contributed by atoms with Gasteiger partial charge in [-0.3, -0.25) is 9.69 Å². The monoisotopic (exact) mass is 577 g/mol. The van der Waals surface area contributed by atoms with Crippen molar-refractivity contribution in [3.63, 3.8) is 0 Å². The first-order chi connectivity index (χ1) is 19.3. The molecule has 1 atom stereocenters. The second kappa shape index (κ2) is 8.54. The second-order valence-corrected chi connectivity index (χ2v) is 11.7. The fourth-order valence-corrected chi connectivity index (χ4v) is 6.46. The number of ether oxygens (including phenoxy) is 1. The van der Waals surface area contributed by atoms with E-state index < -0.39 is 40.6 Å². The highest BCUT2D eigenvalue weighted by molar-refractivity contribution is 6.10. The van der Waals surface area contributed by atoms with Crippen LogP contribution in [0.2, 0.25) is 0 Å². The van der Waals surface area contributed by atoms with Gasteiger partial charge in [-0.05, 0) is 41.0 Å². The van der Waals surface area contributed by atoms with Crippen LogP contribution in [-0.4, -0.2) is 57.8 Å². The van der Waals surface area contributed by atoms with Crippen molar-refractivity contribution < 1.29 is 35.9 Å². The molecule has 41 heavy (non-hydrogen) atoms. The number of fused-ring (bicyclic) bond motifs is 1. The molecule has 3 aromatic rings. The molecule has 3 aliphatic heterocycles. The molecule has 1 aromatic heterocycles.